The van der Waals surface area contributed by atoms with Crippen molar-refractivity contribution in [3.8, 4) is 5.75 Å². The zero-order chi connectivity index (χ0) is 19.4. The van der Waals surface area contributed by atoms with E-state index in [0.717, 1.165) is 6.07 Å². The molecule has 0 aromatic heterocycles. The molecule has 2 aliphatic rings. The monoisotopic (exact) mass is 433 g/mol. The van der Waals surface area contributed by atoms with Crippen LogP contribution in [0.4, 0.5) is 8.78 Å². The van der Waals surface area contributed by atoms with E-state index in [9.17, 15) is 12.8 Å². The van der Waals surface area contributed by atoms with E-state index in [1.807, 2.05) is 0 Å². The Morgan fingerprint density at radius 2 is 1.89 bits per heavy atom. The van der Waals surface area contributed by atoms with Crippen molar-refractivity contribution in [2.24, 2.45) is 0 Å². The molecule has 4 nitrogen and oxygen atoms in total. The number of rotatable bonds is 2. The van der Waals surface area contributed by atoms with Gasteiger partial charge in [-0.3, -0.25) is 0 Å². The molecule has 0 aliphatic carbocycles. The lowest BCUT2D eigenvalue weighted by atomic mass is 9.81. The third kappa shape index (κ3) is 2.67. The van der Waals surface area contributed by atoms with Crippen LogP contribution in [0.3, 0.4) is 0 Å². The van der Waals surface area contributed by atoms with Gasteiger partial charge in [-0.15, -0.1) is 0 Å². The highest BCUT2D eigenvalue weighted by molar-refractivity contribution is 7.92. The summed E-state index contributed by atoms with van der Waals surface area (Å²) in [6.07, 6.45) is 0.582. The topological polar surface area (TPSA) is 55.4 Å². The molecular weight excluding hydrogens is 419 g/mol. The highest BCUT2D eigenvalue weighted by atomic mass is 35.5. The summed E-state index contributed by atoms with van der Waals surface area (Å²) in [5.74, 6) is -2.25. The molecule has 1 saturated heterocycles. The first-order chi connectivity index (χ1) is 12.8. The predicted octanol–water partition coefficient (Wildman–Crippen LogP) is 4.09. The van der Waals surface area contributed by atoms with Gasteiger partial charge < -0.3 is 10.1 Å². The fourth-order valence-electron chi connectivity index (χ4n) is 4.00. The molecule has 2 aliphatic heterocycles. The fourth-order valence-corrected chi connectivity index (χ4v) is 6.62. The van der Waals surface area contributed by atoms with Crippen molar-refractivity contribution in [2.75, 3.05) is 13.2 Å². The molecule has 0 saturated carbocycles. The van der Waals surface area contributed by atoms with E-state index in [-0.39, 0.29) is 23.5 Å². The number of nitrogens with one attached hydrogen (secondary N) is 1. The Hall–Kier alpha value is -1.41. The van der Waals surface area contributed by atoms with Gasteiger partial charge in [0.2, 0.25) is 0 Å². The quantitative estimate of drug-likeness (QED) is 0.724. The largest absolute Gasteiger partial charge is 0.488 e. The van der Waals surface area contributed by atoms with Gasteiger partial charge in [-0.2, -0.15) is 0 Å². The minimum atomic E-state index is -4.14. The van der Waals surface area contributed by atoms with Gasteiger partial charge in [-0.05, 0) is 49.7 Å². The summed E-state index contributed by atoms with van der Waals surface area (Å²) in [5.41, 5.74) is -0.342. The minimum Gasteiger partial charge on any atom is -0.488 e. The summed E-state index contributed by atoms with van der Waals surface area (Å²) in [7, 11) is -4.14. The Kier molecular flexibility index (Phi) is 4.62. The summed E-state index contributed by atoms with van der Waals surface area (Å²) >= 11 is 11.7. The van der Waals surface area contributed by atoms with Crippen LogP contribution in [-0.2, 0) is 14.6 Å². The first-order valence-corrected chi connectivity index (χ1v) is 10.6. The average molecular weight is 434 g/mol. The molecular formula is C18H15Cl2F2NO3S. The number of hydrogen-bond acceptors (Lipinski definition) is 4. The number of fused-ring (bicyclic) bond motifs is 3. The van der Waals surface area contributed by atoms with Crippen LogP contribution in [0.15, 0.2) is 35.2 Å². The first kappa shape index (κ1) is 18.9. The summed E-state index contributed by atoms with van der Waals surface area (Å²) in [5, 5.41) is 2.99. The Morgan fingerprint density at radius 1 is 1.19 bits per heavy atom. The molecule has 2 heterocycles. The van der Waals surface area contributed by atoms with Gasteiger partial charge >= 0.3 is 0 Å². The van der Waals surface area contributed by atoms with Gasteiger partial charge in [0.05, 0.1) is 21.5 Å². The second-order valence-corrected chi connectivity index (χ2v) is 9.68. The molecule has 9 heteroatoms. The predicted molar refractivity (Wildman–Crippen MR) is 98.2 cm³/mol. The van der Waals surface area contributed by atoms with Gasteiger partial charge in [-0.1, -0.05) is 23.2 Å². The van der Waals surface area contributed by atoms with Crippen LogP contribution in [0.25, 0.3) is 0 Å². The zero-order valence-corrected chi connectivity index (χ0v) is 16.3. The third-order valence-corrected chi connectivity index (χ3v) is 8.30. The Bertz CT molecular complexity index is 1010. The maximum Gasteiger partial charge on any atom is 0.190 e. The van der Waals surface area contributed by atoms with Gasteiger partial charge in [-0.25, -0.2) is 17.2 Å². The van der Waals surface area contributed by atoms with Gasteiger partial charge in [0.1, 0.15) is 11.4 Å². The number of ether oxygens (including phenoxy) is 1. The Balaban J connectivity index is 2.05. The number of sulfone groups is 1. The van der Waals surface area contributed by atoms with E-state index in [0.29, 0.717) is 18.0 Å². The van der Waals surface area contributed by atoms with E-state index >= 15 is 4.39 Å². The van der Waals surface area contributed by atoms with Crippen LogP contribution in [0.2, 0.25) is 10.0 Å². The van der Waals surface area contributed by atoms with Crippen molar-refractivity contribution >= 4 is 33.0 Å². The smallest absolute Gasteiger partial charge is 0.190 e. The normalized spacial score (nSPS) is 24.7. The summed E-state index contributed by atoms with van der Waals surface area (Å²) in [6.45, 7) is 0.448. The number of benzene rings is 2. The van der Waals surface area contributed by atoms with Crippen LogP contribution in [0, 0.1) is 11.6 Å². The summed E-state index contributed by atoms with van der Waals surface area (Å²) in [4.78, 5) is -0.0202. The van der Waals surface area contributed by atoms with E-state index < -0.39 is 43.0 Å². The van der Waals surface area contributed by atoms with Gasteiger partial charge in [0.15, 0.2) is 27.2 Å². The van der Waals surface area contributed by atoms with Crippen molar-refractivity contribution in [2.45, 2.75) is 28.5 Å². The van der Waals surface area contributed by atoms with Crippen molar-refractivity contribution < 1.29 is 21.9 Å². The second-order valence-electron chi connectivity index (χ2n) is 6.63. The van der Waals surface area contributed by atoms with Crippen LogP contribution in [-0.4, -0.2) is 27.6 Å². The summed E-state index contributed by atoms with van der Waals surface area (Å²) < 4.78 is 60.7. The lowest BCUT2D eigenvalue weighted by Gasteiger charge is -2.47. The molecule has 27 heavy (non-hydrogen) atoms. The van der Waals surface area contributed by atoms with Crippen molar-refractivity contribution in [3.05, 3.63) is 57.6 Å². The van der Waals surface area contributed by atoms with Crippen LogP contribution >= 0.6 is 23.2 Å². The third-order valence-electron chi connectivity index (χ3n) is 5.23. The lowest BCUT2D eigenvalue weighted by molar-refractivity contribution is 0.157. The maximum atomic E-state index is 15.1. The van der Waals surface area contributed by atoms with Gasteiger partial charge in [0, 0.05) is 5.02 Å². The average Bonchev–Trinajstić information content (AvgIpc) is 2.65. The number of hydrogen-bond donors (Lipinski definition) is 1. The molecule has 2 aromatic rings. The van der Waals surface area contributed by atoms with E-state index in [2.05, 4.69) is 5.32 Å². The van der Waals surface area contributed by atoms with Crippen molar-refractivity contribution in [1.29, 1.82) is 0 Å². The molecule has 0 radical (unpaired) electrons. The van der Waals surface area contributed by atoms with Crippen molar-refractivity contribution in [1.82, 2.24) is 5.32 Å². The summed E-state index contributed by atoms with van der Waals surface area (Å²) in [6, 6.07) is 5.69. The Labute approximate surface area is 165 Å². The zero-order valence-electron chi connectivity index (χ0n) is 13.9. The molecule has 0 bridgehead atoms. The molecule has 2 aromatic carbocycles. The molecule has 2 atom stereocenters. The highest BCUT2D eigenvalue weighted by Gasteiger charge is 2.59. The maximum absolute atomic E-state index is 15.1. The van der Waals surface area contributed by atoms with Crippen LogP contribution in [0.1, 0.15) is 18.4 Å². The minimum absolute atomic E-state index is 0.0202. The molecule has 1 N–H and O–H groups in total. The molecule has 2 unspecified atom stereocenters. The number of piperidine rings is 1. The fraction of sp³-hybridized carbons (Fsp3) is 0.333. The van der Waals surface area contributed by atoms with Crippen LogP contribution in [0.5, 0.6) is 5.75 Å². The molecule has 4 rings (SSSR count). The molecule has 144 valence electrons. The second kappa shape index (κ2) is 6.58. The SMILES string of the molecule is O=S(=O)(c1ccc(Cl)cc1)C12CCCNC1COc1c(F)cc(Cl)c(F)c12. The van der Waals surface area contributed by atoms with Crippen molar-refractivity contribution in [3.63, 3.8) is 0 Å². The lowest BCUT2D eigenvalue weighted by Crippen LogP contribution is -2.61. The Morgan fingerprint density at radius 3 is 2.59 bits per heavy atom. The van der Waals surface area contributed by atoms with Gasteiger partial charge in [0.25, 0.3) is 0 Å². The van der Waals surface area contributed by atoms with E-state index in [1.165, 1.54) is 24.3 Å². The molecule has 0 amide bonds. The number of halogens is 4. The first-order valence-electron chi connectivity index (χ1n) is 8.33. The van der Waals surface area contributed by atoms with Crippen LogP contribution < -0.4 is 10.1 Å². The van der Waals surface area contributed by atoms with E-state index in [1.54, 1.807) is 0 Å². The molecule has 1 fully saturated rings. The molecule has 0 spiro atoms. The van der Waals surface area contributed by atoms with E-state index in [4.69, 9.17) is 27.9 Å². The highest BCUT2D eigenvalue weighted by Crippen LogP contribution is 2.52. The standard InChI is InChI=1S/C18H15Cl2F2NO3S/c19-10-2-4-11(5-3-10)27(24,25)18-6-1-7-23-14(18)9-26-17-13(21)8-12(20)16(22)15(17)18/h2-5,8,14,23H,1,6-7,9H2.